The highest BCUT2D eigenvalue weighted by molar-refractivity contribution is 7.90. The van der Waals surface area contributed by atoms with Crippen LogP contribution in [0.1, 0.15) is 30.6 Å². The number of carbonyl (C=O) groups excluding carboxylic acids is 1. The quantitative estimate of drug-likeness (QED) is 0.381. The number of aliphatic imine (C=N–C) groups is 1. The monoisotopic (exact) mass is 527 g/mol. The predicted molar refractivity (Wildman–Crippen MR) is 143 cm³/mol. The first-order valence-electron chi connectivity index (χ1n) is 11.3. The van der Waals surface area contributed by atoms with Crippen LogP contribution in [0, 0.1) is 5.41 Å². The summed E-state index contributed by atoms with van der Waals surface area (Å²) in [6.07, 6.45) is 4.28. The Hall–Kier alpha value is -2.81. The fourth-order valence-electron chi connectivity index (χ4n) is 3.93. The van der Waals surface area contributed by atoms with Gasteiger partial charge in [-0.2, -0.15) is 0 Å². The van der Waals surface area contributed by atoms with Gasteiger partial charge in [0.15, 0.2) is 9.84 Å². The van der Waals surface area contributed by atoms with Crippen molar-refractivity contribution in [1.29, 1.82) is 5.41 Å². The lowest BCUT2D eigenvalue weighted by Crippen LogP contribution is -2.40. The van der Waals surface area contributed by atoms with Gasteiger partial charge in [0.05, 0.1) is 21.3 Å². The summed E-state index contributed by atoms with van der Waals surface area (Å²) in [6, 6.07) is 17.8. The minimum absolute atomic E-state index is 0.00766. The first-order chi connectivity index (χ1) is 16.7. The van der Waals surface area contributed by atoms with Crippen LogP contribution in [-0.2, 0) is 14.6 Å². The molecule has 4 rings (SSSR count). The van der Waals surface area contributed by atoms with Gasteiger partial charge < -0.3 is 4.90 Å². The predicted octanol–water partition coefficient (Wildman–Crippen LogP) is 6.02. The van der Waals surface area contributed by atoms with E-state index in [1.54, 1.807) is 35.2 Å². The molecule has 0 aliphatic carbocycles. The van der Waals surface area contributed by atoms with E-state index in [2.05, 4.69) is 0 Å². The average Bonchev–Trinajstić information content (AvgIpc) is 3.35. The second kappa shape index (κ2) is 10.8. The number of piperidine rings is 1. The van der Waals surface area contributed by atoms with Crippen LogP contribution in [0.4, 0.5) is 5.69 Å². The van der Waals surface area contributed by atoms with Gasteiger partial charge in [0, 0.05) is 35.5 Å². The Balaban J connectivity index is 1.67. The first-order valence-corrected chi connectivity index (χ1v) is 14.4. The smallest absolute Gasteiger partial charge is 0.267 e. The van der Waals surface area contributed by atoms with E-state index >= 15 is 0 Å². The molecule has 0 atom stereocenters. The fraction of sp³-hybridized carbons (Fsp3) is 0.269. The van der Waals surface area contributed by atoms with Gasteiger partial charge in [-0.05, 0) is 61.2 Å². The number of hydrogen-bond donors (Lipinski definition) is 1. The zero-order valence-corrected chi connectivity index (χ0v) is 21.7. The summed E-state index contributed by atoms with van der Waals surface area (Å²) < 4.78 is 24.0. The van der Waals surface area contributed by atoms with Gasteiger partial charge in [-0.25, -0.2) is 8.42 Å². The number of rotatable bonds is 7. The molecule has 0 saturated carbocycles. The van der Waals surface area contributed by atoms with Crippen molar-refractivity contribution < 1.29 is 13.2 Å². The summed E-state index contributed by atoms with van der Waals surface area (Å²) in [5.74, 6) is -0.255. The van der Waals surface area contributed by atoms with E-state index in [0.717, 1.165) is 34.6 Å². The van der Waals surface area contributed by atoms with E-state index in [4.69, 9.17) is 22.0 Å². The van der Waals surface area contributed by atoms with Crippen LogP contribution < -0.4 is 0 Å². The number of likely N-dealkylation sites (tertiary alicyclic amines) is 1. The highest BCUT2D eigenvalue weighted by Crippen LogP contribution is 2.32. The molecule has 1 N–H and O–H groups in total. The second-order valence-electron chi connectivity index (χ2n) is 8.48. The Morgan fingerprint density at radius 2 is 1.80 bits per heavy atom. The number of carbonyl (C=O) groups is 1. The molecule has 2 aromatic carbocycles. The van der Waals surface area contributed by atoms with Crippen LogP contribution >= 0.6 is 22.9 Å². The third kappa shape index (κ3) is 6.25. The average molecular weight is 528 g/mol. The van der Waals surface area contributed by atoms with E-state index < -0.39 is 9.84 Å². The minimum Gasteiger partial charge on any atom is -0.338 e. The van der Waals surface area contributed by atoms with E-state index in [0.29, 0.717) is 29.5 Å². The van der Waals surface area contributed by atoms with Crippen molar-refractivity contribution >= 4 is 55.8 Å². The normalized spacial score (nSPS) is 14.7. The molecule has 6 nitrogen and oxygen atoms in total. The standard InChI is InChI=1S/C26H26ClN3O3S2/c1-35(32,33)19-9-7-8-18(16-19)24-12-13-25(34-24)23(29-22-11-4-3-10-20(22)27)17-21(28)26(31)30-14-5-2-6-15-30/h3-4,7-13,16,28H,2,5-6,14-15,17H2,1H3. The van der Waals surface area contributed by atoms with Crippen LogP contribution in [0.5, 0.6) is 0 Å². The number of sulfone groups is 1. The molecule has 1 aliphatic heterocycles. The maximum absolute atomic E-state index is 12.9. The molecular weight excluding hydrogens is 502 g/mol. The molecule has 1 aromatic heterocycles. The van der Waals surface area contributed by atoms with Crippen molar-refractivity contribution in [2.24, 2.45) is 4.99 Å². The van der Waals surface area contributed by atoms with Gasteiger partial charge in [-0.1, -0.05) is 35.9 Å². The van der Waals surface area contributed by atoms with Crippen molar-refractivity contribution in [3.05, 3.63) is 70.6 Å². The van der Waals surface area contributed by atoms with Crippen molar-refractivity contribution in [2.75, 3.05) is 19.3 Å². The summed E-state index contributed by atoms with van der Waals surface area (Å²) in [4.78, 5) is 21.3. The number of halogens is 1. The molecule has 1 fully saturated rings. The molecule has 0 radical (unpaired) electrons. The molecule has 0 bridgehead atoms. The van der Waals surface area contributed by atoms with Gasteiger partial charge in [-0.15, -0.1) is 11.3 Å². The molecule has 3 aromatic rings. The summed E-state index contributed by atoms with van der Waals surface area (Å²) in [5, 5.41) is 9.01. The van der Waals surface area contributed by atoms with E-state index in [1.807, 2.05) is 30.3 Å². The largest absolute Gasteiger partial charge is 0.338 e. The molecule has 1 amide bonds. The fourth-order valence-corrected chi connectivity index (χ4v) is 5.76. The molecule has 0 unspecified atom stereocenters. The number of nitrogens with zero attached hydrogens (tertiary/aromatic N) is 2. The lowest BCUT2D eigenvalue weighted by atomic mass is 10.1. The molecule has 2 heterocycles. The van der Waals surface area contributed by atoms with Gasteiger partial charge in [0.2, 0.25) is 0 Å². The molecule has 35 heavy (non-hydrogen) atoms. The lowest BCUT2D eigenvalue weighted by molar-refractivity contribution is -0.125. The number of hydrogen-bond acceptors (Lipinski definition) is 6. The summed E-state index contributed by atoms with van der Waals surface area (Å²) in [6.45, 7) is 1.36. The van der Waals surface area contributed by atoms with Crippen molar-refractivity contribution in [3.8, 4) is 10.4 Å². The third-order valence-corrected chi connectivity index (χ3v) is 8.40. The van der Waals surface area contributed by atoms with Gasteiger partial charge >= 0.3 is 0 Å². The van der Waals surface area contributed by atoms with E-state index in [9.17, 15) is 13.2 Å². The van der Waals surface area contributed by atoms with Crippen molar-refractivity contribution in [3.63, 3.8) is 0 Å². The molecule has 182 valence electrons. The number of nitrogens with one attached hydrogen (secondary N) is 1. The van der Waals surface area contributed by atoms with Crippen molar-refractivity contribution in [2.45, 2.75) is 30.6 Å². The second-order valence-corrected chi connectivity index (χ2v) is 12.0. The molecule has 9 heteroatoms. The lowest BCUT2D eigenvalue weighted by Gasteiger charge is -2.26. The Morgan fingerprint density at radius 1 is 1.06 bits per heavy atom. The van der Waals surface area contributed by atoms with Crippen LogP contribution in [0.2, 0.25) is 5.02 Å². The van der Waals surface area contributed by atoms with Crippen LogP contribution in [0.3, 0.4) is 0 Å². The highest BCUT2D eigenvalue weighted by atomic mass is 35.5. The molecule has 1 aliphatic rings. The first kappa shape index (κ1) is 25.3. The van der Waals surface area contributed by atoms with E-state index in [-0.39, 0.29) is 22.9 Å². The number of benzene rings is 2. The van der Waals surface area contributed by atoms with Crippen LogP contribution in [0.15, 0.2) is 70.6 Å². The maximum atomic E-state index is 12.9. The zero-order chi connectivity index (χ0) is 25.0. The van der Waals surface area contributed by atoms with Crippen LogP contribution in [0.25, 0.3) is 10.4 Å². The van der Waals surface area contributed by atoms with E-state index in [1.165, 1.54) is 17.6 Å². The number of para-hydroxylation sites is 1. The molecule has 0 spiro atoms. The Labute approximate surface area is 214 Å². The minimum atomic E-state index is -3.33. The SMILES string of the molecule is CS(=O)(=O)c1cccc(-c2ccc(C(CC(=N)C(=O)N3CCCCC3)=Nc3ccccc3Cl)s2)c1. The van der Waals surface area contributed by atoms with Crippen molar-refractivity contribution in [1.82, 2.24) is 4.90 Å². The van der Waals surface area contributed by atoms with Crippen LogP contribution in [-0.4, -0.2) is 50.0 Å². The molecule has 1 saturated heterocycles. The number of thiophene rings is 1. The maximum Gasteiger partial charge on any atom is 0.267 e. The summed E-state index contributed by atoms with van der Waals surface area (Å²) in [5.41, 5.74) is 1.91. The summed E-state index contributed by atoms with van der Waals surface area (Å²) in [7, 11) is -3.33. The van der Waals surface area contributed by atoms with Gasteiger partial charge in [-0.3, -0.25) is 15.2 Å². The Bertz CT molecular complexity index is 1390. The summed E-state index contributed by atoms with van der Waals surface area (Å²) >= 11 is 7.79. The van der Waals surface area contributed by atoms with Gasteiger partial charge in [0.25, 0.3) is 5.91 Å². The van der Waals surface area contributed by atoms with Gasteiger partial charge in [0.1, 0.15) is 5.71 Å². The Morgan fingerprint density at radius 3 is 2.51 bits per heavy atom. The number of amides is 1. The molecular formula is C26H26ClN3O3S2. The third-order valence-electron chi connectivity index (χ3n) is 5.79. The Kier molecular flexibility index (Phi) is 7.84. The zero-order valence-electron chi connectivity index (χ0n) is 19.3. The highest BCUT2D eigenvalue weighted by Gasteiger charge is 2.23. The topological polar surface area (TPSA) is 90.7 Å².